The standard InChI is InChI=1S/C18H17BrN2O3/c1-11-18(23)21-15-10-13(7-8-16(15)24-11)20-17(22)9-6-12-4-2-3-5-14(12)19/h2-5,7-8,10-11H,6,9H2,1H3,(H,20,22)(H,21,23). The molecule has 24 heavy (non-hydrogen) atoms. The minimum Gasteiger partial charge on any atom is -0.479 e. The van der Waals surface area contributed by atoms with Crippen molar-refractivity contribution in [3.63, 3.8) is 0 Å². The van der Waals surface area contributed by atoms with Crippen molar-refractivity contribution < 1.29 is 14.3 Å². The molecule has 2 aromatic carbocycles. The Morgan fingerprint density at radius 2 is 2.08 bits per heavy atom. The highest BCUT2D eigenvalue weighted by Crippen LogP contribution is 2.32. The molecule has 0 spiro atoms. The average molecular weight is 389 g/mol. The van der Waals surface area contributed by atoms with Gasteiger partial charge >= 0.3 is 0 Å². The molecule has 5 nitrogen and oxygen atoms in total. The van der Waals surface area contributed by atoms with E-state index in [1.165, 1.54) is 0 Å². The first kappa shape index (κ1) is 16.5. The molecule has 3 rings (SSSR count). The Morgan fingerprint density at radius 3 is 2.88 bits per heavy atom. The Kier molecular flexibility index (Phi) is 4.85. The summed E-state index contributed by atoms with van der Waals surface area (Å²) in [6.45, 7) is 1.69. The highest BCUT2D eigenvalue weighted by atomic mass is 79.9. The minimum atomic E-state index is -0.512. The molecule has 6 heteroatoms. The predicted molar refractivity (Wildman–Crippen MR) is 96.3 cm³/mol. The van der Waals surface area contributed by atoms with E-state index in [0.717, 1.165) is 10.0 Å². The zero-order chi connectivity index (χ0) is 17.1. The fourth-order valence-corrected chi connectivity index (χ4v) is 2.94. The van der Waals surface area contributed by atoms with Crippen LogP contribution in [0.4, 0.5) is 11.4 Å². The highest BCUT2D eigenvalue weighted by molar-refractivity contribution is 9.10. The van der Waals surface area contributed by atoms with Gasteiger partial charge in [-0.2, -0.15) is 0 Å². The van der Waals surface area contributed by atoms with Crippen molar-refractivity contribution in [3.05, 3.63) is 52.5 Å². The second-order valence-electron chi connectivity index (χ2n) is 5.60. The fourth-order valence-electron chi connectivity index (χ4n) is 2.46. The summed E-state index contributed by atoms with van der Waals surface area (Å²) in [5.74, 6) is 0.329. The number of hydrogen-bond acceptors (Lipinski definition) is 3. The van der Waals surface area contributed by atoms with Gasteiger partial charge in [-0.3, -0.25) is 9.59 Å². The molecule has 0 aromatic heterocycles. The van der Waals surface area contributed by atoms with Crippen LogP contribution in [0.3, 0.4) is 0 Å². The lowest BCUT2D eigenvalue weighted by molar-refractivity contribution is -0.122. The van der Waals surface area contributed by atoms with Gasteiger partial charge < -0.3 is 15.4 Å². The maximum atomic E-state index is 12.1. The molecule has 1 heterocycles. The van der Waals surface area contributed by atoms with Crippen LogP contribution in [-0.2, 0) is 16.0 Å². The molecule has 2 N–H and O–H groups in total. The Balaban J connectivity index is 1.62. The molecule has 0 saturated carbocycles. The van der Waals surface area contributed by atoms with Crippen LogP contribution in [0, 0.1) is 0 Å². The largest absolute Gasteiger partial charge is 0.479 e. The number of carbonyl (C=O) groups excluding carboxylic acids is 2. The number of anilines is 2. The van der Waals surface area contributed by atoms with Crippen LogP contribution in [0.1, 0.15) is 18.9 Å². The number of rotatable bonds is 4. The number of benzene rings is 2. The smallest absolute Gasteiger partial charge is 0.265 e. The number of hydrogen-bond donors (Lipinski definition) is 2. The zero-order valence-electron chi connectivity index (χ0n) is 13.1. The molecule has 1 atom stereocenters. The molecular formula is C18H17BrN2O3. The number of nitrogens with one attached hydrogen (secondary N) is 2. The van der Waals surface area contributed by atoms with Crippen molar-refractivity contribution in [1.29, 1.82) is 0 Å². The van der Waals surface area contributed by atoms with Gasteiger partial charge in [-0.1, -0.05) is 34.1 Å². The van der Waals surface area contributed by atoms with Crippen LogP contribution in [0.2, 0.25) is 0 Å². The number of carbonyl (C=O) groups is 2. The molecule has 1 aliphatic heterocycles. The molecule has 1 aliphatic rings. The van der Waals surface area contributed by atoms with Crippen molar-refractivity contribution in [2.24, 2.45) is 0 Å². The van der Waals surface area contributed by atoms with E-state index in [1.54, 1.807) is 25.1 Å². The lowest BCUT2D eigenvalue weighted by atomic mass is 10.1. The van der Waals surface area contributed by atoms with Crippen LogP contribution >= 0.6 is 15.9 Å². The number of amides is 2. The summed E-state index contributed by atoms with van der Waals surface area (Å²) >= 11 is 3.48. The van der Waals surface area contributed by atoms with E-state index >= 15 is 0 Å². The van der Waals surface area contributed by atoms with Crippen LogP contribution in [0.25, 0.3) is 0 Å². The maximum absolute atomic E-state index is 12.1. The quantitative estimate of drug-likeness (QED) is 0.837. The van der Waals surface area contributed by atoms with Gasteiger partial charge in [0, 0.05) is 16.6 Å². The topological polar surface area (TPSA) is 67.4 Å². The summed E-state index contributed by atoms with van der Waals surface area (Å²) in [5, 5.41) is 5.61. The van der Waals surface area contributed by atoms with E-state index in [9.17, 15) is 9.59 Å². The second-order valence-corrected chi connectivity index (χ2v) is 6.45. The molecular weight excluding hydrogens is 372 g/mol. The number of fused-ring (bicyclic) bond motifs is 1. The van der Waals surface area contributed by atoms with Gasteiger partial charge in [0.25, 0.3) is 5.91 Å². The second kappa shape index (κ2) is 7.05. The summed E-state index contributed by atoms with van der Waals surface area (Å²) in [6, 6.07) is 13.1. The third-order valence-corrected chi connectivity index (χ3v) is 4.55. The summed E-state index contributed by atoms with van der Waals surface area (Å²) < 4.78 is 6.49. The highest BCUT2D eigenvalue weighted by Gasteiger charge is 2.23. The summed E-state index contributed by atoms with van der Waals surface area (Å²) in [5.41, 5.74) is 2.29. The Bertz CT molecular complexity index is 792. The molecule has 0 radical (unpaired) electrons. The van der Waals surface area contributed by atoms with Gasteiger partial charge in [-0.15, -0.1) is 0 Å². The van der Waals surface area contributed by atoms with Crippen LogP contribution in [0.15, 0.2) is 46.9 Å². The summed E-state index contributed by atoms with van der Waals surface area (Å²) in [4.78, 5) is 23.8. The van der Waals surface area contributed by atoms with Gasteiger partial charge in [-0.05, 0) is 43.2 Å². The van der Waals surface area contributed by atoms with Crippen molar-refractivity contribution in [1.82, 2.24) is 0 Å². The maximum Gasteiger partial charge on any atom is 0.265 e. The van der Waals surface area contributed by atoms with Crippen LogP contribution in [0.5, 0.6) is 5.75 Å². The average Bonchev–Trinajstić information content (AvgIpc) is 2.55. The molecule has 0 aliphatic carbocycles. The van der Waals surface area contributed by atoms with Crippen LogP contribution in [-0.4, -0.2) is 17.9 Å². The van der Waals surface area contributed by atoms with Crippen molar-refractivity contribution in [3.8, 4) is 5.75 Å². The molecule has 0 bridgehead atoms. The fraction of sp³-hybridized carbons (Fsp3) is 0.222. The van der Waals surface area contributed by atoms with E-state index in [1.807, 2.05) is 24.3 Å². The molecule has 124 valence electrons. The van der Waals surface area contributed by atoms with E-state index in [-0.39, 0.29) is 11.8 Å². The first-order chi connectivity index (χ1) is 11.5. The summed E-state index contributed by atoms with van der Waals surface area (Å²) in [6.07, 6.45) is 0.511. The lowest BCUT2D eigenvalue weighted by Crippen LogP contribution is -2.34. The Hall–Kier alpha value is -2.34. The summed E-state index contributed by atoms with van der Waals surface area (Å²) in [7, 11) is 0. The molecule has 1 unspecified atom stereocenters. The first-order valence-electron chi connectivity index (χ1n) is 7.68. The Labute approximate surface area is 148 Å². The number of halogens is 1. The van der Waals surface area contributed by atoms with E-state index < -0.39 is 6.10 Å². The van der Waals surface area contributed by atoms with Gasteiger partial charge in [-0.25, -0.2) is 0 Å². The molecule has 0 saturated heterocycles. The van der Waals surface area contributed by atoms with Crippen LogP contribution < -0.4 is 15.4 Å². The SMILES string of the molecule is CC1Oc2ccc(NC(=O)CCc3ccccc3Br)cc2NC1=O. The van der Waals surface area contributed by atoms with E-state index in [4.69, 9.17) is 4.74 Å². The predicted octanol–water partition coefficient (Wildman–Crippen LogP) is 3.74. The monoisotopic (exact) mass is 388 g/mol. The normalized spacial score (nSPS) is 15.9. The van der Waals surface area contributed by atoms with Crippen molar-refractivity contribution in [2.45, 2.75) is 25.9 Å². The van der Waals surface area contributed by atoms with E-state index in [2.05, 4.69) is 26.6 Å². The molecule has 2 amide bonds. The minimum absolute atomic E-state index is 0.0814. The Morgan fingerprint density at radius 1 is 1.29 bits per heavy atom. The van der Waals surface area contributed by atoms with Crippen molar-refractivity contribution >= 4 is 39.1 Å². The van der Waals surface area contributed by atoms with Gasteiger partial charge in [0.05, 0.1) is 5.69 Å². The molecule has 0 fully saturated rings. The third-order valence-electron chi connectivity index (χ3n) is 3.77. The van der Waals surface area contributed by atoms with Crippen molar-refractivity contribution in [2.75, 3.05) is 10.6 Å². The van der Waals surface area contributed by atoms with Gasteiger partial charge in [0.15, 0.2) is 6.10 Å². The molecule has 2 aromatic rings. The number of ether oxygens (including phenoxy) is 1. The number of aryl methyl sites for hydroxylation is 1. The lowest BCUT2D eigenvalue weighted by Gasteiger charge is -2.23. The van der Waals surface area contributed by atoms with E-state index in [0.29, 0.717) is 30.0 Å². The van der Waals surface area contributed by atoms with Gasteiger partial charge in [0.1, 0.15) is 5.75 Å². The zero-order valence-corrected chi connectivity index (χ0v) is 14.7. The first-order valence-corrected chi connectivity index (χ1v) is 8.47. The van der Waals surface area contributed by atoms with Gasteiger partial charge in [0.2, 0.25) is 5.91 Å². The third kappa shape index (κ3) is 3.76.